The first-order valence-electron chi connectivity index (χ1n) is 18.7. The summed E-state index contributed by atoms with van der Waals surface area (Å²) in [6.07, 6.45) is 11.3. The Kier molecular flexibility index (Phi) is 6.84. The Labute approximate surface area is 309 Å². The highest BCUT2D eigenvalue weighted by Gasteiger charge is 2.43. The summed E-state index contributed by atoms with van der Waals surface area (Å²) < 4.78 is 0. The molecule has 0 saturated heterocycles. The fraction of sp³-hybridized carbons (Fsp3) is 0.102. The van der Waals surface area contributed by atoms with Gasteiger partial charge in [-0.05, 0) is 86.6 Å². The van der Waals surface area contributed by atoms with Gasteiger partial charge in [-0.25, -0.2) is 9.98 Å². The molecule has 2 heterocycles. The maximum absolute atomic E-state index is 5.30. The Bertz CT molecular complexity index is 2740. The number of allylic oxidation sites excluding steroid dienone is 1. The standard InChI is InChI=1S/C49H36N4/c1-2-15-34(16-3-1)47-50-48(36-23-22-31-12-4-5-17-35(31)30-36)52-49(51-47)41-26-29-42(40-21-11-10-20-39(40)41)53-43-27-24-32-13-6-8-18-37(32)45(43)46-38-19-9-7-14-33(38)25-28-44(46)53/h1-8,10-18,20-30,43,45,47H,9,19H2,(H,50,51,52). The lowest BCUT2D eigenvalue weighted by Crippen LogP contribution is -2.33. The molecule has 4 nitrogen and oxygen atoms in total. The second kappa shape index (κ2) is 12.0. The molecule has 2 aliphatic carbocycles. The van der Waals surface area contributed by atoms with E-state index in [0.29, 0.717) is 0 Å². The molecule has 0 bridgehead atoms. The third-order valence-electron chi connectivity index (χ3n) is 11.5. The van der Waals surface area contributed by atoms with Gasteiger partial charge in [-0.2, -0.15) is 0 Å². The molecule has 4 aliphatic rings. The van der Waals surface area contributed by atoms with Gasteiger partial charge in [0, 0.05) is 33.8 Å². The molecule has 0 radical (unpaired) electrons. The number of rotatable bonds is 4. The molecule has 0 fully saturated rings. The Morgan fingerprint density at radius 3 is 2.36 bits per heavy atom. The summed E-state index contributed by atoms with van der Waals surface area (Å²) in [6.45, 7) is 0. The maximum Gasteiger partial charge on any atom is 0.160 e. The minimum Gasteiger partial charge on any atom is -0.344 e. The van der Waals surface area contributed by atoms with Crippen LogP contribution in [0.4, 0.5) is 11.4 Å². The minimum absolute atomic E-state index is 0.169. The van der Waals surface area contributed by atoms with E-state index in [2.05, 4.69) is 180 Å². The van der Waals surface area contributed by atoms with Crippen LogP contribution in [0.2, 0.25) is 0 Å². The first-order valence-corrected chi connectivity index (χ1v) is 18.7. The summed E-state index contributed by atoms with van der Waals surface area (Å²) in [6, 6.07) is 52.7. The zero-order valence-corrected chi connectivity index (χ0v) is 29.2. The second-order valence-corrected chi connectivity index (χ2v) is 14.4. The lowest BCUT2D eigenvalue weighted by Gasteiger charge is -2.32. The lowest BCUT2D eigenvalue weighted by molar-refractivity contribution is 0.674. The third kappa shape index (κ3) is 4.83. The first kappa shape index (κ1) is 30.1. The molecule has 7 aromatic carbocycles. The van der Waals surface area contributed by atoms with Crippen LogP contribution in [0.5, 0.6) is 0 Å². The van der Waals surface area contributed by atoms with Gasteiger partial charge in [0.25, 0.3) is 0 Å². The molecule has 0 aromatic heterocycles. The highest BCUT2D eigenvalue weighted by atomic mass is 15.2. The van der Waals surface area contributed by atoms with E-state index in [0.717, 1.165) is 46.6 Å². The maximum atomic E-state index is 5.30. The summed E-state index contributed by atoms with van der Waals surface area (Å²) in [5, 5.41) is 8.41. The van der Waals surface area contributed by atoms with Crippen LogP contribution in [0.25, 0.3) is 33.7 Å². The van der Waals surface area contributed by atoms with Gasteiger partial charge in [0.2, 0.25) is 0 Å². The zero-order valence-electron chi connectivity index (χ0n) is 29.2. The number of hydrogen-bond donors (Lipinski definition) is 1. The molecule has 0 amide bonds. The van der Waals surface area contributed by atoms with Crippen molar-refractivity contribution in [3.63, 3.8) is 0 Å². The third-order valence-corrected chi connectivity index (χ3v) is 11.5. The smallest absolute Gasteiger partial charge is 0.160 e. The number of anilines is 2. The van der Waals surface area contributed by atoms with E-state index in [1.807, 2.05) is 0 Å². The Balaban J connectivity index is 1.09. The fourth-order valence-electron chi connectivity index (χ4n) is 9.10. The van der Waals surface area contributed by atoms with Crippen molar-refractivity contribution in [2.24, 2.45) is 9.98 Å². The summed E-state index contributed by atoms with van der Waals surface area (Å²) in [7, 11) is 0. The van der Waals surface area contributed by atoms with Crippen molar-refractivity contribution >= 4 is 56.7 Å². The molecular formula is C49H36N4. The average Bonchev–Trinajstić information content (AvgIpc) is 3.58. The number of benzene rings is 7. The van der Waals surface area contributed by atoms with Gasteiger partial charge >= 0.3 is 0 Å². The van der Waals surface area contributed by atoms with Gasteiger partial charge in [-0.1, -0.05) is 146 Å². The van der Waals surface area contributed by atoms with Crippen molar-refractivity contribution in [1.82, 2.24) is 5.32 Å². The molecule has 0 spiro atoms. The van der Waals surface area contributed by atoms with Gasteiger partial charge in [0.05, 0.1) is 6.04 Å². The molecule has 3 atom stereocenters. The van der Waals surface area contributed by atoms with Crippen molar-refractivity contribution in [2.75, 3.05) is 4.90 Å². The van der Waals surface area contributed by atoms with Gasteiger partial charge in [0.1, 0.15) is 12.0 Å². The van der Waals surface area contributed by atoms with Crippen molar-refractivity contribution < 1.29 is 0 Å². The molecule has 4 heteroatoms. The number of nitrogens with zero attached hydrogens (tertiary/aromatic N) is 3. The highest BCUT2D eigenvalue weighted by Crippen LogP contribution is 2.55. The van der Waals surface area contributed by atoms with E-state index in [-0.39, 0.29) is 18.1 Å². The second-order valence-electron chi connectivity index (χ2n) is 14.4. The van der Waals surface area contributed by atoms with Gasteiger partial charge in [0.15, 0.2) is 5.84 Å². The average molecular weight is 681 g/mol. The number of amidine groups is 2. The molecule has 11 rings (SSSR count). The predicted molar refractivity (Wildman–Crippen MR) is 220 cm³/mol. The van der Waals surface area contributed by atoms with E-state index in [4.69, 9.17) is 9.98 Å². The molecule has 3 unspecified atom stereocenters. The lowest BCUT2D eigenvalue weighted by atomic mass is 9.77. The van der Waals surface area contributed by atoms with E-state index >= 15 is 0 Å². The van der Waals surface area contributed by atoms with E-state index in [1.165, 1.54) is 55.4 Å². The van der Waals surface area contributed by atoms with E-state index in [9.17, 15) is 0 Å². The monoisotopic (exact) mass is 680 g/mol. The van der Waals surface area contributed by atoms with E-state index in [1.54, 1.807) is 0 Å². The Hall–Kier alpha value is -6.52. The van der Waals surface area contributed by atoms with Crippen LogP contribution in [0.15, 0.2) is 168 Å². The molecular weight excluding hydrogens is 645 g/mol. The van der Waals surface area contributed by atoms with Crippen LogP contribution in [0.1, 0.15) is 63.0 Å². The van der Waals surface area contributed by atoms with Crippen molar-refractivity contribution in [3.05, 3.63) is 202 Å². The van der Waals surface area contributed by atoms with Gasteiger partial charge in [-0.3, -0.25) is 0 Å². The van der Waals surface area contributed by atoms with Gasteiger partial charge in [-0.15, -0.1) is 0 Å². The highest BCUT2D eigenvalue weighted by molar-refractivity contribution is 6.19. The Morgan fingerprint density at radius 1 is 0.642 bits per heavy atom. The summed E-state index contributed by atoms with van der Waals surface area (Å²) in [4.78, 5) is 13.2. The van der Waals surface area contributed by atoms with Crippen LogP contribution in [-0.4, -0.2) is 17.7 Å². The summed E-state index contributed by atoms with van der Waals surface area (Å²) in [5.41, 5.74) is 12.8. The zero-order chi connectivity index (χ0) is 34.9. The Morgan fingerprint density at radius 2 is 1.43 bits per heavy atom. The SMILES string of the molecule is C1=Cc2ccc3c(c2CC1)C1c2ccccc2C=CC1N3c1ccc(C2=NC(c3ccccc3)NC(c3ccc4ccccc4c3)=N2)c2ccccc12. The molecule has 53 heavy (non-hydrogen) atoms. The molecule has 252 valence electrons. The molecule has 2 aliphatic heterocycles. The normalized spacial score (nSPS) is 19.5. The van der Waals surface area contributed by atoms with Gasteiger partial charge < -0.3 is 10.2 Å². The van der Waals surface area contributed by atoms with Crippen LogP contribution in [-0.2, 0) is 6.42 Å². The van der Waals surface area contributed by atoms with Crippen molar-refractivity contribution in [2.45, 2.75) is 31.0 Å². The number of aliphatic imine (C=N–C) groups is 2. The first-order chi connectivity index (χ1) is 26.3. The minimum atomic E-state index is -0.275. The molecule has 7 aromatic rings. The van der Waals surface area contributed by atoms with Crippen molar-refractivity contribution in [1.29, 1.82) is 0 Å². The predicted octanol–water partition coefficient (Wildman–Crippen LogP) is 11.1. The summed E-state index contributed by atoms with van der Waals surface area (Å²) >= 11 is 0. The van der Waals surface area contributed by atoms with Crippen LogP contribution in [0, 0.1) is 0 Å². The number of fused-ring (bicyclic) bond motifs is 9. The van der Waals surface area contributed by atoms with Crippen LogP contribution >= 0.6 is 0 Å². The topological polar surface area (TPSA) is 40.0 Å². The quantitative estimate of drug-likeness (QED) is 0.201. The van der Waals surface area contributed by atoms with Crippen molar-refractivity contribution in [3.8, 4) is 0 Å². The molecule has 0 saturated carbocycles. The largest absolute Gasteiger partial charge is 0.344 e. The number of hydrogen-bond acceptors (Lipinski definition) is 4. The molecule has 1 N–H and O–H groups in total. The summed E-state index contributed by atoms with van der Waals surface area (Å²) in [5.74, 6) is 1.82. The van der Waals surface area contributed by atoms with E-state index < -0.39 is 0 Å². The number of nitrogens with one attached hydrogen (secondary N) is 1. The van der Waals surface area contributed by atoms with Crippen LogP contribution in [0.3, 0.4) is 0 Å². The fourth-order valence-corrected chi connectivity index (χ4v) is 9.10. The van der Waals surface area contributed by atoms with Crippen LogP contribution < -0.4 is 10.2 Å².